The molecule has 7 nitrogen and oxygen atoms in total. The molecule has 3 aromatic rings. The monoisotopic (exact) mass is 375 g/mol. The van der Waals surface area contributed by atoms with Gasteiger partial charge >= 0.3 is 5.97 Å². The van der Waals surface area contributed by atoms with Crippen molar-refractivity contribution in [1.82, 2.24) is 14.9 Å². The second-order valence-electron chi connectivity index (χ2n) is 6.96. The second-order valence-corrected chi connectivity index (χ2v) is 6.96. The van der Waals surface area contributed by atoms with Crippen molar-refractivity contribution in [3.8, 4) is 6.07 Å². The van der Waals surface area contributed by atoms with Crippen molar-refractivity contribution in [1.29, 1.82) is 5.26 Å². The molecule has 28 heavy (non-hydrogen) atoms. The number of aryl methyl sites for hydroxylation is 1. The molecule has 1 saturated heterocycles. The number of hydrogen-bond acceptors (Lipinski definition) is 5. The number of nitrogens with one attached hydrogen (secondary N) is 1. The largest absolute Gasteiger partial charge is 0.480 e. The highest BCUT2D eigenvalue weighted by Crippen LogP contribution is 2.33. The molecule has 2 aromatic heterocycles. The van der Waals surface area contributed by atoms with Crippen LogP contribution in [0.1, 0.15) is 22.9 Å². The molecule has 1 aliphatic heterocycles. The van der Waals surface area contributed by atoms with E-state index in [0.29, 0.717) is 37.6 Å². The van der Waals surface area contributed by atoms with E-state index in [2.05, 4.69) is 20.9 Å². The number of aromatic nitrogens is 2. The number of piperazine rings is 1. The van der Waals surface area contributed by atoms with E-state index in [0.717, 1.165) is 22.2 Å². The van der Waals surface area contributed by atoms with E-state index in [4.69, 9.17) is 0 Å². The molecule has 2 N–H and O–H groups in total. The standard InChI is InChI=1S/C21H21N5O2/c1-14-18(16-6-2-3-7-17(16)24-14)19(21(27)28)25-9-11-26(12-10-25)20-15(13-22)5-4-8-23-20/h2-8,19,24H,9-12H2,1H3,(H,27,28)/t19-/m1/s1. The van der Waals surface area contributed by atoms with Crippen LogP contribution in [0.5, 0.6) is 0 Å². The van der Waals surface area contributed by atoms with E-state index >= 15 is 0 Å². The summed E-state index contributed by atoms with van der Waals surface area (Å²) in [6.45, 7) is 4.33. The Kier molecular flexibility index (Phi) is 4.72. The lowest BCUT2D eigenvalue weighted by molar-refractivity contribution is -0.143. The summed E-state index contributed by atoms with van der Waals surface area (Å²) < 4.78 is 0. The predicted molar refractivity (Wildman–Crippen MR) is 106 cm³/mol. The Labute approximate surface area is 162 Å². The Bertz CT molecular complexity index is 1060. The fraction of sp³-hybridized carbons (Fsp3) is 0.286. The van der Waals surface area contributed by atoms with Crippen LogP contribution in [0.4, 0.5) is 5.82 Å². The van der Waals surface area contributed by atoms with Crippen LogP contribution < -0.4 is 4.90 Å². The molecule has 3 heterocycles. The number of hydrogen-bond donors (Lipinski definition) is 2. The third kappa shape index (κ3) is 3.08. The van der Waals surface area contributed by atoms with Gasteiger partial charge in [-0.05, 0) is 25.1 Å². The number of benzene rings is 1. The number of carboxylic acids is 1. The fourth-order valence-corrected chi connectivity index (χ4v) is 4.04. The third-order valence-electron chi connectivity index (χ3n) is 5.34. The molecule has 0 saturated carbocycles. The molecule has 0 unspecified atom stereocenters. The molecule has 0 spiro atoms. The van der Waals surface area contributed by atoms with Crippen molar-refractivity contribution in [3.05, 3.63) is 59.4 Å². The Morgan fingerprint density at radius 3 is 2.68 bits per heavy atom. The number of para-hydroxylation sites is 1. The number of pyridine rings is 1. The number of carboxylic acid groups (broad SMARTS) is 1. The lowest BCUT2D eigenvalue weighted by atomic mass is 10.0. The van der Waals surface area contributed by atoms with Gasteiger partial charge in [0.2, 0.25) is 0 Å². The predicted octanol–water partition coefficient (Wildman–Crippen LogP) is 2.69. The molecule has 1 aliphatic rings. The summed E-state index contributed by atoms with van der Waals surface area (Å²) in [4.78, 5) is 23.9. The van der Waals surface area contributed by atoms with E-state index in [1.165, 1.54) is 0 Å². The molecule has 1 atom stereocenters. The van der Waals surface area contributed by atoms with Crippen LogP contribution >= 0.6 is 0 Å². The first-order chi connectivity index (χ1) is 13.6. The minimum absolute atomic E-state index is 0.540. The maximum atomic E-state index is 12.2. The van der Waals surface area contributed by atoms with Gasteiger partial charge in [-0.2, -0.15) is 5.26 Å². The summed E-state index contributed by atoms with van der Waals surface area (Å²) in [5.41, 5.74) is 3.20. The molecule has 1 aromatic carbocycles. The van der Waals surface area contributed by atoms with Crippen molar-refractivity contribution in [2.45, 2.75) is 13.0 Å². The van der Waals surface area contributed by atoms with Crippen molar-refractivity contribution >= 4 is 22.7 Å². The second kappa shape index (κ2) is 7.33. The van der Waals surface area contributed by atoms with Gasteiger partial charge in [-0.25, -0.2) is 4.98 Å². The molecule has 0 radical (unpaired) electrons. The first kappa shape index (κ1) is 18.0. The molecule has 7 heteroatoms. The lowest BCUT2D eigenvalue weighted by Crippen LogP contribution is -2.49. The van der Waals surface area contributed by atoms with Crippen LogP contribution in [0.2, 0.25) is 0 Å². The Morgan fingerprint density at radius 2 is 1.96 bits per heavy atom. The van der Waals surface area contributed by atoms with Gasteiger partial charge in [-0.15, -0.1) is 0 Å². The zero-order valence-corrected chi connectivity index (χ0v) is 15.6. The van der Waals surface area contributed by atoms with Gasteiger partial charge in [-0.1, -0.05) is 18.2 Å². The highest BCUT2D eigenvalue weighted by atomic mass is 16.4. The SMILES string of the molecule is Cc1[nH]c2ccccc2c1[C@H](C(=O)O)N1CCN(c2ncccc2C#N)CC1. The number of carbonyl (C=O) groups is 1. The van der Waals surface area contributed by atoms with Gasteiger partial charge in [0.15, 0.2) is 0 Å². The maximum Gasteiger partial charge on any atom is 0.325 e. The van der Waals surface area contributed by atoms with Crippen molar-refractivity contribution in [3.63, 3.8) is 0 Å². The molecule has 4 rings (SSSR count). The highest BCUT2D eigenvalue weighted by molar-refractivity contribution is 5.90. The van der Waals surface area contributed by atoms with Crippen LogP contribution in [0.15, 0.2) is 42.6 Å². The van der Waals surface area contributed by atoms with Gasteiger partial charge < -0.3 is 15.0 Å². The van der Waals surface area contributed by atoms with Gasteiger partial charge in [0, 0.05) is 54.5 Å². The maximum absolute atomic E-state index is 12.2. The number of nitriles is 1. The zero-order chi connectivity index (χ0) is 19.7. The number of anilines is 1. The summed E-state index contributed by atoms with van der Waals surface area (Å²) in [6, 6.07) is 12.8. The molecule has 0 aliphatic carbocycles. The normalized spacial score (nSPS) is 16.1. The smallest absolute Gasteiger partial charge is 0.325 e. The summed E-state index contributed by atoms with van der Waals surface area (Å²) >= 11 is 0. The van der Waals surface area contributed by atoms with Gasteiger partial charge in [0.25, 0.3) is 0 Å². The molecule has 0 bridgehead atoms. The Hall–Kier alpha value is -3.37. The van der Waals surface area contributed by atoms with Gasteiger partial charge in [-0.3, -0.25) is 9.69 Å². The minimum atomic E-state index is -0.850. The molecular weight excluding hydrogens is 354 g/mol. The topological polar surface area (TPSA) is 96.2 Å². The molecule has 0 amide bonds. The van der Waals surface area contributed by atoms with Crippen LogP contribution in [0, 0.1) is 18.3 Å². The average molecular weight is 375 g/mol. The highest BCUT2D eigenvalue weighted by Gasteiger charge is 2.33. The Balaban J connectivity index is 1.61. The molecular formula is C21H21N5O2. The van der Waals surface area contributed by atoms with E-state index in [1.807, 2.05) is 36.1 Å². The van der Waals surface area contributed by atoms with Crippen LogP contribution in [-0.4, -0.2) is 52.1 Å². The first-order valence-corrected chi connectivity index (χ1v) is 9.24. The van der Waals surface area contributed by atoms with Crippen LogP contribution in [0.3, 0.4) is 0 Å². The third-order valence-corrected chi connectivity index (χ3v) is 5.34. The van der Waals surface area contributed by atoms with E-state index in [1.54, 1.807) is 18.3 Å². The number of aromatic amines is 1. The summed E-state index contributed by atoms with van der Waals surface area (Å²) in [5.74, 6) is -0.184. The van der Waals surface area contributed by atoms with Gasteiger partial charge in [0.05, 0.1) is 5.56 Å². The number of H-pyrrole nitrogens is 1. The quantitative estimate of drug-likeness (QED) is 0.728. The van der Waals surface area contributed by atoms with Crippen molar-refractivity contribution in [2.75, 3.05) is 31.1 Å². The van der Waals surface area contributed by atoms with Crippen molar-refractivity contribution in [2.24, 2.45) is 0 Å². The number of aliphatic carboxylic acids is 1. The molecule has 1 fully saturated rings. The van der Waals surface area contributed by atoms with E-state index < -0.39 is 12.0 Å². The van der Waals surface area contributed by atoms with Crippen molar-refractivity contribution < 1.29 is 9.90 Å². The van der Waals surface area contributed by atoms with Gasteiger partial charge in [0.1, 0.15) is 17.9 Å². The number of nitrogens with zero attached hydrogens (tertiary/aromatic N) is 4. The average Bonchev–Trinajstić information content (AvgIpc) is 3.04. The Morgan fingerprint density at radius 1 is 1.21 bits per heavy atom. The summed E-state index contributed by atoms with van der Waals surface area (Å²) in [7, 11) is 0. The fourth-order valence-electron chi connectivity index (χ4n) is 4.04. The first-order valence-electron chi connectivity index (χ1n) is 9.24. The van der Waals surface area contributed by atoms with Crippen LogP contribution in [0.25, 0.3) is 10.9 Å². The minimum Gasteiger partial charge on any atom is -0.480 e. The van der Waals surface area contributed by atoms with Crippen LogP contribution in [-0.2, 0) is 4.79 Å². The molecule has 142 valence electrons. The lowest BCUT2D eigenvalue weighted by Gasteiger charge is -2.38. The summed E-state index contributed by atoms with van der Waals surface area (Å²) in [6.07, 6.45) is 1.68. The zero-order valence-electron chi connectivity index (χ0n) is 15.6. The number of rotatable bonds is 4. The summed E-state index contributed by atoms with van der Waals surface area (Å²) in [5, 5.41) is 20.3. The number of fused-ring (bicyclic) bond motifs is 1. The van der Waals surface area contributed by atoms with E-state index in [-0.39, 0.29) is 0 Å². The van der Waals surface area contributed by atoms with E-state index in [9.17, 15) is 15.2 Å².